The first-order chi connectivity index (χ1) is 4.31. The molecule has 0 aromatic rings. The van der Waals surface area contributed by atoms with Gasteiger partial charge in [-0.3, -0.25) is 0 Å². The van der Waals surface area contributed by atoms with Crippen LogP contribution in [-0.2, 0) is 0 Å². The fourth-order valence-electron chi connectivity index (χ4n) is 0.554. The SMILES string of the molecule is CC1=CC=CC1.[CH3][Ga][CH3]. The summed E-state index contributed by atoms with van der Waals surface area (Å²) >= 11 is 0.312. The molecule has 0 aliphatic heterocycles. The molecular formula is C8H14Ga. The van der Waals surface area contributed by atoms with Crippen LogP contribution in [0.1, 0.15) is 13.3 Å². The molecular weight excluding hydrogens is 166 g/mol. The van der Waals surface area contributed by atoms with E-state index in [-0.39, 0.29) is 0 Å². The Labute approximate surface area is 65.8 Å². The summed E-state index contributed by atoms with van der Waals surface area (Å²) in [5.74, 6) is 0. The van der Waals surface area contributed by atoms with Gasteiger partial charge in [0.05, 0.1) is 0 Å². The normalized spacial score (nSPS) is 13.9. The molecule has 0 nitrogen and oxygen atoms in total. The zero-order valence-electron chi connectivity index (χ0n) is 6.52. The summed E-state index contributed by atoms with van der Waals surface area (Å²) < 4.78 is 0. The Hall–Kier alpha value is 0.116. The molecule has 1 aliphatic carbocycles. The zero-order valence-corrected chi connectivity index (χ0v) is 8.94. The molecule has 1 aliphatic rings. The van der Waals surface area contributed by atoms with Crippen molar-refractivity contribution in [2.45, 2.75) is 24.3 Å². The van der Waals surface area contributed by atoms with Crippen molar-refractivity contribution in [3.63, 3.8) is 0 Å². The van der Waals surface area contributed by atoms with Gasteiger partial charge < -0.3 is 0 Å². The van der Waals surface area contributed by atoms with Crippen LogP contribution in [0.2, 0.25) is 11.0 Å². The number of rotatable bonds is 0. The predicted octanol–water partition coefficient (Wildman–Crippen LogP) is 2.68. The van der Waals surface area contributed by atoms with Crippen LogP contribution in [0.15, 0.2) is 23.8 Å². The van der Waals surface area contributed by atoms with Crippen LogP contribution in [0.5, 0.6) is 0 Å². The van der Waals surface area contributed by atoms with Gasteiger partial charge in [0.15, 0.2) is 0 Å². The van der Waals surface area contributed by atoms with Crippen LogP contribution in [0, 0.1) is 0 Å². The Balaban J connectivity index is 0.000000187. The van der Waals surface area contributed by atoms with Crippen molar-refractivity contribution in [1.82, 2.24) is 0 Å². The molecule has 0 aromatic carbocycles. The minimum absolute atomic E-state index is 0.312. The molecule has 0 spiro atoms. The summed E-state index contributed by atoms with van der Waals surface area (Å²) in [6, 6.07) is 0. The monoisotopic (exact) mass is 179 g/mol. The average molecular weight is 180 g/mol. The van der Waals surface area contributed by atoms with Crippen LogP contribution in [0.3, 0.4) is 0 Å². The van der Waals surface area contributed by atoms with E-state index in [1.54, 1.807) is 0 Å². The summed E-state index contributed by atoms with van der Waals surface area (Å²) in [5.41, 5.74) is 6.03. The fourth-order valence-corrected chi connectivity index (χ4v) is 0.554. The third kappa shape index (κ3) is 6.00. The molecule has 0 unspecified atom stereocenters. The Bertz CT molecular complexity index is 112. The van der Waals surface area contributed by atoms with Crippen molar-refractivity contribution in [2.24, 2.45) is 0 Å². The van der Waals surface area contributed by atoms with Crippen molar-refractivity contribution in [1.29, 1.82) is 0 Å². The van der Waals surface area contributed by atoms with Gasteiger partial charge in [0.25, 0.3) is 0 Å². The van der Waals surface area contributed by atoms with E-state index in [4.69, 9.17) is 0 Å². The van der Waals surface area contributed by atoms with E-state index in [2.05, 4.69) is 36.1 Å². The van der Waals surface area contributed by atoms with Crippen LogP contribution < -0.4 is 0 Å². The molecule has 0 bridgehead atoms. The molecule has 0 heterocycles. The van der Waals surface area contributed by atoms with Gasteiger partial charge in [-0.2, -0.15) is 0 Å². The molecule has 1 heteroatoms. The Kier molecular flexibility index (Phi) is 6.32. The van der Waals surface area contributed by atoms with Crippen LogP contribution in [0.4, 0.5) is 0 Å². The molecule has 0 N–H and O–H groups in total. The predicted molar refractivity (Wildman–Crippen MR) is 45.0 cm³/mol. The second-order valence-electron chi connectivity index (χ2n) is 2.22. The molecule has 0 amide bonds. The molecule has 0 atom stereocenters. The van der Waals surface area contributed by atoms with Gasteiger partial charge >= 0.3 is 28.4 Å². The first kappa shape index (κ1) is 9.12. The molecule has 0 saturated heterocycles. The van der Waals surface area contributed by atoms with Gasteiger partial charge in [0, 0.05) is 0 Å². The first-order valence-electron chi connectivity index (χ1n) is 3.37. The van der Waals surface area contributed by atoms with E-state index in [0.717, 1.165) is 0 Å². The van der Waals surface area contributed by atoms with E-state index in [9.17, 15) is 0 Å². The van der Waals surface area contributed by atoms with Gasteiger partial charge in [0.2, 0.25) is 0 Å². The summed E-state index contributed by atoms with van der Waals surface area (Å²) in [6.07, 6.45) is 7.56. The number of hydrogen-bond acceptors (Lipinski definition) is 0. The molecule has 0 aromatic heterocycles. The maximum atomic E-state index is 2.28. The Morgan fingerprint density at radius 2 is 2.00 bits per heavy atom. The van der Waals surface area contributed by atoms with Gasteiger partial charge in [-0.1, -0.05) is 23.8 Å². The Morgan fingerprint density at radius 3 is 2.11 bits per heavy atom. The van der Waals surface area contributed by atoms with E-state index >= 15 is 0 Å². The molecule has 49 valence electrons. The maximum absolute atomic E-state index is 2.28. The quantitative estimate of drug-likeness (QED) is 0.502. The van der Waals surface area contributed by atoms with E-state index in [1.165, 1.54) is 12.0 Å². The van der Waals surface area contributed by atoms with Crippen molar-refractivity contribution >= 4 is 17.4 Å². The van der Waals surface area contributed by atoms with Crippen molar-refractivity contribution < 1.29 is 0 Å². The average Bonchev–Trinajstić information content (AvgIpc) is 2.20. The topological polar surface area (TPSA) is 0 Å². The molecule has 0 fully saturated rings. The third-order valence-electron chi connectivity index (χ3n) is 0.957. The van der Waals surface area contributed by atoms with Gasteiger partial charge in [-0.05, 0) is 13.3 Å². The van der Waals surface area contributed by atoms with E-state index in [1.807, 2.05) is 0 Å². The van der Waals surface area contributed by atoms with Crippen LogP contribution in [-0.4, -0.2) is 17.4 Å². The van der Waals surface area contributed by atoms with E-state index < -0.39 is 0 Å². The number of allylic oxidation sites excluding steroid dienone is 4. The van der Waals surface area contributed by atoms with Crippen molar-refractivity contribution in [3.05, 3.63) is 23.8 Å². The zero-order chi connectivity index (χ0) is 7.11. The number of hydrogen-bond donors (Lipinski definition) is 0. The molecule has 1 radical (unpaired) electrons. The summed E-state index contributed by atoms with van der Waals surface area (Å²) in [5, 5.41) is 0. The molecule has 0 saturated carbocycles. The third-order valence-corrected chi connectivity index (χ3v) is 0.957. The van der Waals surface area contributed by atoms with E-state index in [0.29, 0.717) is 17.4 Å². The Morgan fingerprint density at radius 1 is 1.44 bits per heavy atom. The van der Waals surface area contributed by atoms with Crippen molar-refractivity contribution in [2.75, 3.05) is 0 Å². The second-order valence-corrected chi connectivity index (χ2v) is 4.65. The van der Waals surface area contributed by atoms with Crippen molar-refractivity contribution in [3.8, 4) is 0 Å². The molecule has 1 rings (SSSR count). The summed E-state index contributed by atoms with van der Waals surface area (Å²) in [6.45, 7) is 2.14. The molecule has 9 heavy (non-hydrogen) atoms. The van der Waals surface area contributed by atoms with Crippen LogP contribution >= 0.6 is 0 Å². The van der Waals surface area contributed by atoms with Gasteiger partial charge in [-0.25, -0.2) is 0 Å². The van der Waals surface area contributed by atoms with Gasteiger partial charge in [0.1, 0.15) is 0 Å². The summed E-state index contributed by atoms with van der Waals surface area (Å²) in [4.78, 5) is 0. The minimum atomic E-state index is 0.312. The van der Waals surface area contributed by atoms with Gasteiger partial charge in [-0.15, -0.1) is 0 Å². The fraction of sp³-hybridized carbons (Fsp3) is 0.500. The summed E-state index contributed by atoms with van der Waals surface area (Å²) in [7, 11) is 0. The first-order valence-corrected chi connectivity index (χ1v) is 8.22. The standard InChI is InChI=1S/C6H8.2CH3.Ga/c1-6-4-2-3-5-6;;;/h2-4H,5H2,1H3;2*1H3;. The van der Waals surface area contributed by atoms with Crippen LogP contribution in [0.25, 0.3) is 0 Å². The second kappa shape index (κ2) is 6.24.